The fraction of sp³-hybridized carbons (Fsp3) is 0.229. The van der Waals surface area contributed by atoms with Crippen molar-refractivity contribution in [2.75, 3.05) is 5.32 Å². The van der Waals surface area contributed by atoms with Crippen molar-refractivity contribution in [1.29, 1.82) is 0 Å². The maximum Gasteiger partial charge on any atom is 0.243 e. The SMILES string of the molecule is O=C1C[C@H](Cc2ccc(Br)cc2)NC(=O)[C@H](Cc2cccnc2)NC(=O)[C@H](Cc2cccc(Cl)c2)NC(=O)Cc2ccccc2N1. The van der Waals surface area contributed by atoms with E-state index in [2.05, 4.69) is 42.2 Å². The topological polar surface area (TPSA) is 129 Å². The zero-order chi connectivity index (χ0) is 32.5. The summed E-state index contributed by atoms with van der Waals surface area (Å²) in [5, 5.41) is 12.2. The van der Waals surface area contributed by atoms with Gasteiger partial charge in [0.25, 0.3) is 0 Å². The summed E-state index contributed by atoms with van der Waals surface area (Å²) in [6.45, 7) is 0. The third kappa shape index (κ3) is 9.48. The van der Waals surface area contributed by atoms with Crippen molar-refractivity contribution in [2.45, 2.75) is 50.2 Å². The molecule has 46 heavy (non-hydrogen) atoms. The molecule has 0 saturated carbocycles. The predicted molar refractivity (Wildman–Crippen MR) is 180 cm³/mol. The lowest BCUT2D eigenvalue weighted by atomic mass is 10.0. The molecule has 1 aliphatic heterocycles. The maximum absolute atomic E-state index is 13.9. The third-order valence-electron chi connectivity index (χ3n) is 7.59. The molecule has 2 heterocycles. The molecule has 0 spiro atoms. The van der Waals surface area contributed by atoms with Gasteiger partial charge in [0.2, 0.25) is 23.6 Å². The zero-order valence-electron chi connectivity index (χ0n) is 24.8. The molecule has 11 heteroatoms. The Hall–Kier alpha value is -4.54. The molecule has 1 aliphatic rings. The largest absolute Gasteiger partial charge is 0.351 e. The van der Waals surface area contributed by atoms with Crippen LogP contribution in [0, 0.1) is 0 Å². The van der Waals surface area contributed by atoms with E-state index in [1.54, 1.807) is 60.9 Å². The van der Waals surface area contributed by atoms with Gasteiger partial charge in [-0.1, -0.05) is 76.1 Å². The minimum Gasteiger partial charge on any atom is -0.351 e. The Labute approximate surface area is 280 Å². The second-order valence-electron chi connectivity index (χ2n) is 11.2. The molecule has 0 saturated heterocycles. The van der Waals surface area contributed by atoms with E-state index in [1.807, 2.05) is 36.4 Å². The van der Waals surface area contributed by atoms with Gasteiger partial charge in [0.1, 0.15) is 12.1 Å². The van der Waals surface area contributed by atoms with Gasteiger partial charge in [-0.25, -0.2) is 0 Å². The summed E-state index contributed by atoms with van der Waals surface area (Å²) < 4.78 is 0.909. The molecular formula is C35H33BrClN5O4. The van der Waals surface area contributed by atoms with E-state index in [0.717, 1.165) is 21.2 Å². The van der Waals surface area contributed by atoms with Gasteiger partial charge < -0.3 is 21.3 Å². The molecule has 9 nitrogen and oxygen atoms in total. The molecule has 0 unspecified atom stereocenters. The number of rotatable bonds is 6. The van der Waals surface area contributed by atoms with E-state index in [0.29, 0.717) is 22.7 Å². The summed E-state index contributed by atoms with van der Waals surface area (Å²) in [6.07, 6.45) is 3.81. The number of nitrogens with one attached hydrogen (secondary N) is 4. The van der Waals surface area contributed by atoms with Crippen LogP contribution in [-0.4, -0.2) is 46.7 Å². The Kier molecular flexibility index (Phi) is 11.2. The van der Waals surface area contributed by atoms with Crippen LogP contribution in [-0.2, 0) is 44.9 Å². The van der Waals surface area contributed by atoms with Crippen LogP contribution in [0.3, 0.4) is 0 Å². The number of anilines is 1. The van der Waals surface area contributed by atoms with E-state index in [9.17, 15) is 19.2 Å². The zero-order valence-corrected chi connectivity index (χ0v) is 27.2. The lowest BCUT2D eigenvalue weighted by Crippen LogP contribution is -2.56. The van der Waals surface area contributed by atoms with E-state index in [-0.39, 0.29) is 31.6 Å². The van der Waals surface area contributed by atoms with Gasteiger partial charge >= 0.3 is 0 Å². The second-order valence-corrected chi connectivity index (χ2v) is 12.6. The number of aromatic nitrogens is 1. The van der Waals surface area contributed by atoms with Crippen molar-refractivity contribution in [3.8, 4) is 0 Å². The van der Waals surface area contributed by atoms with Crippen LogP contribution in [0.25, 0.3) is 0 Å². The van der Waals surface area contributed by atoms with E-state index >= 15 is 0 Å². The molecule has 3 atom stereocenters. The van der Waals surface area contributed by atoms with Crippen LogP contribution in [0.5, 0.6) is 0 Å². The standard InChI is InChI=1S/C35H33BrClN5O4/c36-26-12-10-22(11-13-26)16-28-20-33(44)40-29-9-2-1-7-25(29)19-32(43)41-30(17-23-5-3-8-27(37)15-23)35(46)42-31(34(45)39-28)18-24-6-4-14-38-21-24/h1-15,21,28,30-31H,16-20H2,(H,39,45)(H,40,44)(H,41,43)(H,42,46)/t28-,30-,31-/m0/s1. The first kappa shape index (κ1) is 32.8. The van der Waals surface area contributed by atoms with Crippen LogP contribution < -0.4 is 21.3 Å². The quantitative estimate of drug-likeness (QED) is 0.234. The minimum atomic E-state index is -1.02. The van der Waals surface area contributed by atoms with Crippen LogP contribution in [0.15, 0.2) is 102 Å². The molecule has 1 aromatic heterocycles. The number of hydrogen-bond acceptors (Lipinski definition) is 5. The predicted octanol–water partition coefficient (Wildman–Crippen LogP) is 4.56. The lowest BCUT2D eigenvalue weighted by molar-refractivity contribution is -0.132. The van der Waals surface area contributed by atoms with E-state index in [1.165, 1.54) is 0 Å². The average molecular weight is 703 g/mol. The molecule has 4 aromatic rings. The summed E-state index contributed by atoms with van der Waals surface area (Å²) in [4.78, 5) is 58.8. The molecule has 5 rings (SSSR count). The number of carbonyl (C=O) groups excluding carboxylic acids is 4. The van der Waals surface area contributed by atoms with Crippen molar-refractivity contribution in [3.63, 3.8) is 0 Å². The maximum atomic E-state index is 13.9. The number of carbonyl (C=O) groups is 4. The Balaban J connectivity index is 1.50. The number of benzene rings is 3. The summed E-state index contributed by atoms with van der Waals surface area (Å²) in [6, 6.07) is 22.7. The van der Waals surface area contributed by atoms with Crippen LogP contribution in [0.2, 0.25) is 5.02 Å². The average Bonchev–Trinajstić information content (AvgIpc) is 3.02. The first-order chi connectivity index (χ1) is 22.2. The number of amides is 4. The van der Waals surface area contributed by atoms with Crippen molar-refractivity contribution in [2.24, 2.45) is 0 Å². The molecule has 0 bridgehead atoms. The monoisotopic (exact) mass is 701 g/mol. The Morgan fingerprint density at radius 2 is 1.43 bits per heavy atom. The number of pyridine rings is 1. The summed E-state index contributed by atoms with van der Waals surface area (Å²) in [5.41, 5.74) is 3.46. The van der Waals surface area contributed by atoms with Gasteiger partial charge in [-0.2, -0.15) is 0 Å². The molecule has 0 radical (unpaired) electrons. The van der Waals surface area contributed by atoms with Gasteiger partial charge in [-0.05, 0) is 65.1 Å². The minimum absolute atomic E-state index is 0.0344. The van der Waals surface area contributed by atoms with Crippen molar-refractivity contribution in [3.05, 3.63) is 129 Å². The summed E-state index contributed by atoms with van der Waals surface area (Å²) in [7, 11) is 0. The number of fused-ring (bicyclic) bond motifs is 1. The molecule has 3 aromatic carbocycles. The van der Waals surface area contributed by atoms with E-state index in [4.69, 9.17) is 11.6 Å². The molecule has 0 fully saturated rings. The summed E-state index contributed by atoms with van der Waals surface area (Å²) in [5.74, 6) is -1.73. The Morgan fingerprint density at radius 1 is 0.717 bits per heavy atom. The van der Waals surface area contributed by atoms with Crippen molar-refractivity contribution in [1.82, 2.24) is 20.9 Å². The molecule has 4 N–H and O–H groups in total. The van der Waals surface area contributed by atoms with E-state index < -0.39 is 35.8 Å². The smallest absolute Gasteiger partial charge is 0.243 e. The first-order valence-electron chi connectivity index (χ1n) is 14.9. The fourth-order valence-corrected chi connectivity index (χ4v) is 5.84. The Bertz CT molecular complexity index is 1700. The molecule has 4 amide bonds. The number of nitrogens with zero attached hydrogens (tertiary/aromatic N) is 1. The highest BCUT2D eigenvalue weighted by molar-refractivity contribution is 9.10. The number of halogens is 2. The van der Waals surface area contributed by atoms with Crippen LogP contribution in [0.1, 0.15) is 28.7 Å². The highest BCUT2D eigenvalue weighted by Crippen LogP contribution is 2.19. The van der Waals surface area contributed by atoms with Gasteiger partial charge in [0, 0.05) is 52.9 Å². The highest BCUT2D eigenvalue weighted by atomic mass is 79.9. The second kappa shape index (κ2) is 15.6. The summed E-state index contributed by atoms with van der Waals surface area (Å²) >= 11 is 9.67. The first-order valence-corrected chi connectivity index (χ1v) is 16.0. The molecular weight excluding hydrogens is 670 g/mol. The third-order valence-corrected chi connectivity index (χ3v) is 8.36. The van der Waals surface area contributed by atoms with Crippen LogP contribution >= 0.6 is 27.5 Å². The van der Waals surface area contributed by atoms with Gasteiger partial charge in [-0.15, -0.1) is 0 Å². The fourth-order valence-electron chi connectivity index (χ4n) is 5.37. The van der Waals surface area contributed by atoms with Crippen molar-refractivity contribution >= 4 is 56.8 Å². The molecule has 0 aliphatic carbocycles. The van der Waals surface area contributed by atoms with Crippen molar-refractivity contribution < 1.29 is 19.2 Å². The molecule has 236 valence electrons. The Morgan fingerprint density at radius 3 is 2.20 bits per heavy atom. The lowest BCUT2D eigenvalue weighted by Gasteiger charge is -2.26. The van der Waals surface area contributed by atoms with Gasteiger partial charge in [0.15, 0.2) is 0 Å². The number of para-hydroxylation sites is 1. The van der Waals surface area contributed by atoms with Gasteiger partial charge in [0.05, 0.1) is 6.42 Å². The van der Waals surface area contributed by atoms with Gasteiger partial charge in [-0.3, -0.25) is 24.2 Å². The number of hydrogen-bond donors (Lipinski definition) is 4. The van der Waals surface area contributed by atoms with Crippen LogP contribution in [0.4, 0.5) is 5.69 Å². The normalized spacial score (nSPS) is 19.4. The highest BCUT2D eigenvalue weighted by Gasteiger charge is 2.30.